The Morgan fingerprint density at radius 3 is 2.67 bits per heavy atom. The molecule has 0 aliphatic rings. The Kier molecular flexibility index (Phi) is 5.89. The second-order valence-corrected chi connectivity index (χ2v) is 5.30. The lowest BCUT2D eigenvalue weighted by Crippen LogP contribution is -2.10. The summed E-state index contributed by atoms with van der Waals surface area (Å²) >= 11 is 0. The van der Waals surface area contributed by atoms with Crippen LogP contribution in [0.25, 0.3) is 0 Å². The lowest BCUT2D eigenvalue weighted by molar-refractivity contribution is -0.385. The van der Waals surface area contributed by atoms with Crippen molar-refractivity contribution in [1.29, 1.82) is 0 Å². The molecule has 2 rings (SSSR count). The second kappa shape index (κ2) is 8.10. The van der Waals surface area contributed by atoms with Crippen LogP contribution in [0.1, 0.15) is 30.6 Å². The number of esters is 1. The highest BCUT2D eigenvalue weighted by atomic mass is 16.6. The first-order chi connectivity index (χ1) is 11.5. The van der Waals surface area contributed by atoms with Gasteiger partial charge in [0.25, 0.3) is 5.69 Å². The molecular weight excluding hydrogens is 310 g/mol. The number of hydrogen-bond acceptors (Lipinski definition) is 5. The van der Waals surface area contributed by atoms with Crippen molar-refractivity contribution in [3.05, 3.63) is 69.8 Å². The van der Waals surface area contributed by atoms with Gasteiger partial charge in [-0.2, -0.15) is 0 Å². The molecular formula is C18H19NO5. The predicted molar refractivity (Wildman–Crippen MR) is 88.9 cm³/mol. The molecule has 6 heteroatoms. The molecule has 0 saturated heterocycles. The molecule has 0 aliphatic heterocycles. The second-order valence-electron chi connectivity index (χ2n) is 5.30. The first-order valence-electron chi connectivity index (χ1n) is 7.57. The molecule has 0 unspecified atom stereocenters. The molecule has 0 amide bonds. The average Bonchev–Trinajstić information content (AvgIpc) is 2.60. The number of hydrogen-bond donors (Lipinski definition) is 0. The summed E-state index contributed by atoms with van der Waals surface area (Å²) in [6.45, 7) is 1.69. The molecule has 2 aromatic rings. The number of rotatable bonds is 7. The van der Waals surface area contributed by atoms with E-state index < -0.39 is 11.0 Å². The SMILES string of the molecule is COc1ccccc1CCC(=O)O[C@@H](C)c1cccc([N+](=O)[O-])c1. The number of methoxy groups -OCH3 is 1. The largest absolute Gasteiger partial charge is 0.496 e. The number of ether oxygens (including phenoxy) is 2. The molecule has 0 aliphatic carbocycles. The van der Waals surface area contributed by atoms with E-state index in [1.54, 1.807) is 26.2 Å². The Morgan fingerprint density at radius 2 is 1.96 bits per heavy atom. The number of non-ortho nitro benzene ring substituents is 1. The number of benzene rings is 2. The van der Waals surface area contributed by atoms with Crippen LogP contribution in [0.15, 0.2) is 48.5 Å². The van der Waals surface area contributed by atoms with Gasteiger partial charge in [0.15, 0.2) is 0 Å². The fourth-order valence-corrected chi connectivity index (χ4v) is 2.36. The smallest absolute Gasteiger partial charge is 0.306 e. The predicted octanol–water partition coefficient (Wildman–Crippen LogP) is 3.84. The molecule has 24 heavy (non-hydrogen) atoms. The van der Waals surface area contributed by atoms with E-state index in [2.05, 4.69) is 0 Å². The molecule has 0 fully saturated rings. The summed E-state index contributed by atoms with van der Waals surface area (Å²) in [5.74, 6) is 0.372. The monoisotopic (exact) mass is 329 g/mol. The Morgan fingerprint density at radius 1 is 1.21 bits per heavy atom. The van der Waals surface area contributed by atoms with Crippen LogP contribution in [0, 0.1) is 10.1 Å². The quantitative estimate of drug-likeness (QED) is 0.438. The number of nitrogens with zero attached hydrogens (tertiary/aromatic N) is 1. The Labute approximate surface area is 140 Å². The van der Waals surface area contributed by atoms with E-state index in [1.165, 1.54) is 12.1 Å². The van der Waals surface area contributed by atoms with E-state index >= 15 is 0 Å². The van der Waals surface area contributed by atoms with Crippen molar-refractivity contribution in [2.75, 3.05) is 7.11 Å². The summed E-state index contributed by atoms with van der Waals surface area (Å²) in [7, 11) is 1.58. The zero-order valence-electron chi connectivity index (χ0n) is 13.6. The number of para-hydroxylation sites is 1. The lowest BCUT2D eigenvalue weighted by Gasteiger charge is -2.14. The highest BCUT2D eigenvalue weighted by molar-refractivity contribution is 5.70. The van der Waals surface area contributed by atoms with E-state index in [9.17, 15) is 14.9 Å². The highest BCUT2D eigenvalue weighted by Crippen LogP contribution is 2.23. The number of aryl methyl sites for hydroxylation is 1. The molecule has 0 bridgehead atoms. The van der Waals surface area contributed by atoms with E-state index in [1.807, 2.05) is 24.3 Å². The van der Waals surface area contributed by atoms with Crippen LogP contribution in [0.2, 0.25) is 0 Å². The molecule has 6 nitrogen and oxygen atoms in total. The number of carbonyl (C=O) groups is 1. The molecule has 0 radical (unpaired) electrons. The summed E-state index contributed by atoms with van der Waals surface area (Å²) in [5.41, 5.74) is 1.50. The summed E-state index contributed by atoms with van der Waals surface area (Å²) in [6.07, 6.45) is 0.166. The minimum absolute atomic E-state index is 0.0237. The minimum atomic E-state index is -0.546. The molecule has 0 heterocycles. The number of nitro groups is 1. The fourth-order valence-electron chi connectivity index (χ4n) is 2.36. The van der Waals surface area contributed by atoms with Crippen molar-refractivity contribution in [2.24, 2.45) is 0 Å². The van der Waals surface area contributed by atoms with Gasteiger partial charge in [-0.05, 0) is 30.5 Å². The van der Waals surface area contributed by atoms with Crippen LogP contribution in [0.5, 0.6) is 5.75 Å². The molecule has 0 N–H and O–H groups in total. The van der Waals surface area contributed by atoms with Crippen LogP contribution < -0.4 is 4.74 Å². The van der Waals surface area contributed by atoms with Gasteiger partial charge in [-0.25, -0.2) is 0 Å². The summed E-state index contributed by atoms with van der Waals surface area (Å²) in [4.78, 5) is 22.4. The molecule has 1 atom stereocenters. The third-order valence-corrected chi connectivity index (χ3v) is 3.65. The molecule has 0 saturated carbocycles. The van der Waals surface area contributed by atoms with Crippen molar-refractivity contribution < 1.29 is 19.2 Å². The zero-order valence-corrected chi connectivity index (χ0v) is 13.6. The van der Waals surface area contributed by atoms with E-state index in [4.69, 9.17) is 9.47 Å². The van der Waals surface area contributed by atoms with Gasteiger partial charge in [0.2, 0.25) is 0 Å². The first-order valence-corrected chi connectivity index (χ1v) is 7.57. The van der Waals surface area contributed by atoms with Gasteiger partial charge in [0.1, 0.15) is 11.9 Å². The van der Waals surface area contributed by atoms with Crippen molar-refractivity contribution in [3.8, 4) is 5.75 Å². The maximum absolute atomic E-state index is 12.0. The normalized spacial score (nSPS) is 11.6. The molecule has 0 aromatic heterocycles. The van der Waals surface area contributed by atoms with Crippen molar-refractivity contribution in [1.82, 2.24) is 0 Å². The van der Waals surface area contributed by atoms with Gasteiger partial charge in [-0.1, -0.05) is 30.3 Å². The van der Waals surface area contributed by atoms with Gasteiger partial charge in [-0.3, -0.25) is 14.9 Å². The third kappa shape index (κ3) is 4.55. The highest BCUT2D eigenvalue weighted by Gasteiger charge is 2.15. The van der Waals surface area contributed by atoms with E-state index in [0.29, 0.717) is 12.0 Å². The Hall–Kier alpha value is -2.89. The van der Waals surface area contributed by atoms with Crippen molar-refractivity contribution >= 4 is 11.7 Å². The van der Waals surface area contributed by atoms with Crippen LogP contribution in [0.4, 0.5) is 5.69 Å². The van der Waals surface area contributed by atoms with Gasteiger partial charge >= 0.3 is 5.97 Å². The standard InChI is InChI=1S/C18H19NO5/c1-13(15-7-5-8-16(12-15)19(21)22)24-18(20)11-10-14-6-3-4-9-17(14)23-2/h3-9,12-13H,10-11H2,1-2H3/t13-/m0/s1. The van der Waals surface area contributed by atoms with Crippen LogP contribution in [0.3, 0.4) is 0 Å². The molecule has 126 valence electrons. The van der Waals surface area contributed by atoms with Gasteiger partial charge < -0.3 is 9.47 Å². The van der Waals surface area contributed by atoms with Crippen molar-refractivity contribution in [3.63, 3.8) is 0 Å². The Balaban J connectivity index is 1.94. The van der Waals surface area contributed by atoms with Crippen molar-refractivity contribution in [2.45, 2.75) is 25.9 Å². The number of nitro benzene ring substituents is 1. The van der Waals surface area contributed by atoms with Gasteiger partial charge in [0.05, 0.1) is 12.0 Å². The maximum Gasteiger partial charge on any atom is 0.306 e. The fraction of sp³-hybridized carbons (Fsp3) is 0.278. The molecule has 2 aromatic carbocycles. The third-order valence-electron chi connectivity index (χ3n) is 3.65. The summed E-state index contributed by atoms with van der Waals surface area (Å²) in [5, 5.41) is 10.8. The van der Waals surface area contributed by atoms with Gasteiger partial charge in [0, 0.05) is 18.6 Å². The van der Waals surface area contributed by atoms with Crippen LogP contribution in [-0.4, -0.2) is 18.0 Å². The van der Waals surface area contributed by atoms with Gasteiger partial charge in [-0.15, -0.1) is 0 Å². The zero-order chi connectivity index (χ0) is 17.5. The number of carbonyl (C=O) groups excluding carboxylic acids is 1. The maximum atomic E-state index is 12.0. The van der Waals surface area contributed by atoms with E-state index in [-0.39, 0.29) is 18.1 Å². The van der Waals surface area contributed by atoms with Crippen LogP contribution in [-0.2, 0) is 16.0 Å². The minimum Gasteiger partial charge on any atom is -0.496 e. The topological polar surface area (TPSA) is 78.7 Å². The Bertz CT molecular complexity index is 729. The first kappa shape index (κ1) is 17.5. The van der Waals surface area contributed by atoms with Crippen LogP contribution >= 0.6 is 0 Å². The summed E-state index contributed by atoms with van der Waals surface area (Å²) in [6, 6.07) is 13.6. The summed E-state index contributed by atoms with van der Waals surface area (Å²) < 4.78 is 10.6. The lowest BCUT2D eigenvalue weighted by atomic mass is 10.1. The molecule has 0 spiro atoms. The van der Waals surface area contributed by atoms with E-state index in [0.717, 1.165) is 11.3 Å². The average molecular weight is 329 g/mol.